The Balaban J connectivity index is 2.00. The number of nitrogens with one attached hydrogen (secondary N) is 1. The lowest BCUT2D eigenvalue weighted by Gasteiger charge is -2.26. The molecule has 0 bridgehead atoms. The number of pyridine rings is 1. The van der Waals surface area contributed by atoms with Gasteiger partial charge in [-0.15, -0.1) is 0 Å². The standard InChI is InChI=1S/C12H17N3O/c1-15-5-2-3-11(15)9-7-13-8-10-12(9)16-6-4-14-10/h7-8,11,14H,2-6H2,1H3/t11-/m0/s1. The fourth-order valence-electron chi connectivity index (χ4n) is 2.63. The van der Waals surface area contributed by atoms with Crippen molar-refractivity contribution in [3.63, 3.8) is 0 Å². The molecule has 0 aromatic carbocycles. The van der Waals surface area contributed by atoms with Crippen LogP contribution in [0.3, 0.4) is 0 Å². The maximum atomic E-state index is 5.79. The smallest absolute Gasteiger partial charge is 0.150 e. The lowest BCUT2D eigenvalue weighted by molar-refractivity contribution is 0.284. The molecule has 3 heterocycles. The van der Waals surface area contributed by atoms with Gasteiger partial charge < -0.3 is 10.1 Å². The highest BCUT2D eigenvalue weighted by Gasteiger charge is 2.27. The summed E-state index contributed by atoms with van der Waals surface area (Å²) < 4.78 is 5.79. The summed E-state index contributed by atoms with van der Waals surface area (Å²) in [6.07, 6.45) is 6.28. The molecule has 2 aliphatic rings. The Morgan fingerprint density at radius 3 is 3.25 bits per heavy atom. The maximum Gasteiger partial charge on any atom is 0.150 e. The van der Waals surface area contributed by atoms with Crippen LogP contribution < -0.4 is 10.1 Å². The minimum Gasteiger partial charge on any atom is -0.489 e. The second-order valence-corrected chi connectivity index (χ2v) is 4.52. The van der Waals surface area contributed by atoms with E-state index in [4.69, 9.17) is 4.74 Å². The van der Waals surface area contributed by atoms with E-state index in [1.54, 1.807) is 0 Å². The van der Waals surface area contributed by atoms with E-state index in [-0.39, 0.29) is 0 Å². The summed E-state index contributed by atoms with van der Waals surface area (Å²) in [4.78, 5) is 6.69. The number of likely N-dealkylation sites (tertiary alicyclic amines) is 1. The van der Waals surface area contributed by atoms with Crippen LogP contribution in [0.1, 0.15) is 24.4 Å². The molecule has 0 spiro atoms. The third kappa shape index (κ3) is 1.53. The first-order valence-corrected chi connectivity index (χ1v) is 5.91. The fraction of sp³-hybridized carbons (Fsp3) is 0.583. The summed E-state index contributed by atoms with van der Waals surface area (Å²) in [5, 5.41) is 3.34. The number of fused-ring (bicyclic) bond motifs is 1. The zero-order chi connectivity index (χ0) is 11.0. The molecule has 1 N–H and O–H groups in total. The van der Waals surface area contributed by atoms with Crippen LogP contribution in [0, 0.1) is 0 Å². The number of nitrogens with zero attached hydrogens (tertiary/aromatic N) is 2. The van der Waals surface area contributed by atoms with Gasteiger partial charge in [0.05, 0.1) is 11.9 Å². The van der Waals surface area contributed by atoms with Crippen molar-refractivity contribution < 1.29 is 4.74 Å². The average molecular weight is 219 g/mol. The van der Waals surface area contributed by atoms with E-state index in [0.29, 0.717) is 6.04 Å². The van der Waals surface area contributed by atoms with Crippen molar-refractivity contribution in [1.82, 2.24) is 9.88 Å². The molecule has 1 aromatic heterocycles. The Hall–Kier alpha value is -1.29. The molecule has 0 aliphatic carbocycles. The summed E-state index contributed by atoms with van der Waals surface area (Å²) in [6.45, 7) is 2.79. The zero-order valence-electron chi connectivity index (χ0n) is 9.57. The first-order valence-electron chi connectivity index (χ1n) is 5.91. The summed E-state index contributed by atoms with van der Waals surface area (Å²) in [5.74, 6) is 1.01. The molecular weight excluding hydrogens is 202 g/mol. The molecule has 1 fully saturated rings. The highest BCUT2D eigenvalue weighted by atomic mass is 16.5. The molecule has 1 aromatic rings. The number of rotatable bonds is 1. The largest absolute Gasteiger partial charge is 0.489 e. The van der Waals surface area contributed by atoms with E-state index in [2.05, 4.69) is 22.2 Å². The van der Waals surface area contributed by atoms with E-state index in [0.717, 1.165) is 24.6 Å². The van der Waals surface area contributed by atoms with Crippen LogP contribution in [0.25, 0.3) is 0 Å². The van der Waals surface area contributed by atoms with E-state index in [1.807, 2.05) is 12.4 Å². The highest BCUT2D eigenvalue weighted by Crippen LogP contribution is 2.39. The van der Waals surface area contributed by atoms with Gasteiger partial charge in [-0.1, -0.05) is 0 Å². The van der Waals surface area contributed by atoms with Crippen molar-refractivity contribution in [2.45, 2.75) is 18.9 Å². The quantitative estimate of drug-likeness (QED) is 0.779. The molecule has 4 heteroatoms. The van der Waals surface area contributed by atoms with Crippen LogP contribution in [-0.4, -0.2) is 36.6 Å². The summed E-state index contributed by atoms with van der Waals surface area (Å²) >= 11 is 0. The Morgan fingerprint density at radius 2 is 2.44 bits per heavy atom. The molecule has 1 atom stereocenters. The minimum atomic E-state index is 0.474. The van der Waals surface area contributed by atoms with Gasteiger partial charge >= 0.3 is 0 Å². The second kappa shape index (κ2) is 3.94. The molecule has 16 heavy (non-hydrogen) atoms. The Labute approximate surface area is 95.6 Å². The van der Waals surface area contributed by atoms with Gasteiger partial charge in [-0.05, 0) is 26.4 Å². The Kier molecular flexibility index (Phi) is 2.44. The van der Waals surface area contributed by atoms with Gasteiger partial charge in [-0.2, -0.15) is 0 Å². The summed E-state index contributed by atoms with van der Waals surface area (Å²) in [7, 11) is 2.17. The zero-order valence-corrected chi connectivity index (χ0v) is 9.57. The van der Waals surface area contributed by atoms with Gasteiger partial charge in [-0.25, -0.2) is 0 Å². The molecule has 1 saturated heterocycles. The number of anilines is 1. The van der Waals surface area contributed by atoms with Gasteiger partial charge in [-0.3, -0.25) is 9.88 Å². The molecule has 86 valence electrons. The van der Waals surface area contributed by atoms with Crippen molar-refractivity contribution in [3.8, 4) is 5.75 Å². The Bertz CT molecular complexity index is 394. The van der Waals surface area contributed by atoms with Gasteiger partial charge in [0, 0.05) is 24.3 Å². The monoisotopic (exact) mass is 219 g/mol. The van der Waals surface area contributed by atoms with Gasteiger partial charge in [0.1, 0.15) is 12.4 Å². The molecule has 0 unspecified atom stereocenters. The van der Waals surface area contributed by atoms with E-state index < -0.39 is 0 Å². The lowest BCUT2D eigenvalue weighted by Crippen LogP contribution is -2.23. The minimum absolute atomic E-state index is 0.474. The van der Waals surface area contributed by atoms with E-state index in [1.165, 1.54) is 24.9 Å². The predicted molar refractivity (Wildman–Crippen MR) is 62.8 cm³/mol. The highest BCUT2D eigenvalue weighted by molar-refractivity contribution is 5.60. The normalized spacial score (nSPS) is 24.7. The molecular formula is C12H17N3O. The predicted octanol–water partition coefficient (Wildman–Crippen LogP) is 1.65. The van der Waals surface area contributed by atoms with Crippen LogP contribution in [0.4, 0.5) is 5.69 Å². The van der Waals surface area contributed by atoms with Crippen molar-refractivity contribution in [2.75, 3.05) is 32.1 Å². The third-order valence-corrected chi connectivity index (χ3v) is 3.47. The van der Waals surface area contributed by atoms with E-state index >= 15 is 0 Å². The van der Waals surface area contributed by atoms with Crippen molar-refractivity contribution in [1.29, 1.82) is 0 Å². The SMILES string of the molecule is CN1CCC[C@H]1c1cncc2c1OCCN2. The molecule has 0 amide bonds. The number of ether oxygens (including phenoxy) is 1. The molecule has 0 saturated carbocycles. The Morgan fingerprint density at radius 1 is 1.50 bits per heavy atom. The van der Waals surface area contributed by atoms with Crippen LogP contribution >= 0.6 is 0 Å². The molecule has 3 rings (SSSR count). The maximum absolute atomic E-state index is 5.79. The summed E-state index contributed by atoms with van der Waals surface area (Å²) in [6, 6.07) is 0.474. The summed E-state index contributed by atoms with van der Waals surface area (Å²) in [5.41, 5.74) is 2.29. The van der Waals surface area contributed by atoms with Crippen molar-refractivity contribution >= 4 is 5.69 Å². The lowest BCUT2D eigenvalue weighted by atomic mass is 10.0. The van der Waals surface area contributed by atoms with E-state index in [9.17, 15) is 0 Å². The topological polar surface area (TPSA) is 37.4 Å². The number of aromatic nitrogens is 1. The molecule has 0 radical (unpaired) electrons. The van der Waals surface area contributed by atoms with Crippen LogP contribution in [0.15, 0.2) is 12.4 Å². The van der Waals surface area contributed by atoms with Crippen molar-refractivity contribution in [2.24, 2.45) is 0 Å². The van der Waals surface area contributed by atoms with Crippen molar-refractivity contribution in [3.05, 3.63) is 18.0 Å². The molecule has 4 nitrogen and oxygen atoms in total. The van der Waals surface area contributed by atoms with Gasteiger partial charge in [0.25, 0.3) is 0 Å². The van der Waals surface area contributed by atoms with Gasteiger partial charge in [0.2, 0.25) is 0 Å². The van der Waals surface area contributed by atoms with Crippen LogP contribution in [-0.2, 0) is 0 Å². The average Bonchev–Trinajstić information content (AvgIpc) is 2.75. The third-order valence-electron chi connectivity index (χ3n) is 3.47. The second-order valence-electron chi connectivity index (χ2n) is 4.52. The number of hydrogen-bond acceptors (Lipinski definition) is 4. The van der Waals surface area contributed by atoms with Crippen LogP contribution in [0.2, 0.25) is 0 Å². The molecule has 2 aliphatic heterocycles. The fourth-order valence-corrected chi connectivity index (χ4v) is 2.63. The first-order chi connectivity index (χ1) is 7.86. The number of hydrogen-bond donors (Lipinski definition) is 1. The van der Waals surface area contributed by atoms with Crippen LogP contribution in [0.5, 0.6) is 5.75 Å². The first kappa shape index (κ1) is 9.90. The van der Waals surface area contributed by atoms with Gasteiger partial charge in [0.15, 0.2) is 0 Å².